The largest absolute Gasteiger partial charge is 0.497 e. The van der Waals surface area contributed by atoms with E-state index in [1.54, 1.807) is 34.2 Å². The second-order valence-corrected chi connectivity index (χ2v) is 7.79. The van der Waals surface area contributed by atoms with Gasteiger partial charge in [-0.25, -0.2) is 13.9 Å². The van der Waals surface area contributed by atoms with E-state index < -0.39 is 5.97 Å². The number of aromatic nitrogens is 2. The van der Waals surface area contributed by atoms with Gasteiger partial charge < -0.3 is 15.2 Å². The highest BCUT2D eigenvalue weighted by Crippen LogP contribution is 2.38. The van der Waals surface area contributed by atoms with Crippen molar-refractivity contribution in [3.8, 4) is 22.6 Å². The van der Waals surface area contributed by atoms with Crippen LogP contribution in [0, 0.1) is 19.7 Å². The number of hydrogen-bond acceptors (Lipinski definition) is 5. The number of benzene rings is 2. The van der Waals surface area contributed by atoms with Crippen LogP contribution in [0.2, 0.25) is 0 Å². The van der Waals surface area contributed by atoms with Gasteiger partial charge in [-0.3, -0.25) is 0 Å². The van der Waals surface area contributed by atoms with E-state index in [9.17, 15) is 14.3 Å². The highest BCUT2D eigenvalue weighted by molar-refractivity contribution is 7.08. The average molecular weight is 437 g/mol. The molecule has 0 aliphatic carbocycles. The molecule has 4 aromatic rings. The van der Waals surface area contributed by atoms with Crippen LogP contribution in [-0.4, -0.2) is 28.0 Å². The molecule has 31 heavy (non-hydrogen) atoms. The van der Waals surface area contributed by atoms with Crippen LogP contribution in [0.1, 0.15) is 21.6 Å². The van der Waals surface area contributed by atoms with Gasteiger partial charge in [-0.2, -0.15) is 16.4 Å². The maximum atomic E-state index is 14.1. The Hall–Kier alpha value is -3.65. The number of anilines is 2. The van der Waals surface area contributed by atoms with Crippen LogP contribution in [0.4, 0.5) is 15.9 Å². The van der Waals surface area contributed by atoms with E-state index >= 15 is 0 Å². The molecule has 0 unspecified atom stereocenters. The third kappa shape index (κ3) is 3.89. The van der Waals surface area contributed by atoms with Gasteiger partial charge in [0.05, 0.1) is 29.7 Å². The molecule has 2 N–H and O–H groups in total. The number of carbonyl (C=O) groups is 1. The molecule has 2 aromatic heterocycles. The summed E-state index contributed by atoms with van der Waals surface area (Å²) in [6, 6.07) is 11.2. The molecule has 0 fully saturated rings. The number of thiophene rings is 1. The third-order valence-corrected chi connectivity index (χ3v) is 5.66. The monoisotopic (exact) mass is 437 g/mol. The summed E-state index contributed by atoms with van der Waals surface area (Å²) in [5.74, 6) is -0.486. The Balaban J connectivity index is 1.95. The number of aryl methyl sites for hydroxylation is 2. The van der Waals surface area contributed by atoms with Gasteiger partial charge >= 0.3 is 5.97 Å². The number of carboxylic acids is 1. The number of methoxy groups -OCH3 is 1. The molecular weight excluding hydrogens is 417 g/mol. The van der Waals surface area contributed by atoms with E-state index in [1.165, 1.54) is 25.3 Å². The van der Waals surface area contributed by atoms with Crippen molar-refractivity contribution in [2.45, 2.75) is 13.8 Å². The first-order chi connectivity index (χ1) is 14.9. The first-order valence-corrected chi connectivity index (χ1v) is 10.4. The van der Waals surface area contributed by atoms with Crippen LogP contribution >= 0.6 is 11.3 Å². The van der Waals surface area contributed by atoms with Crippen molar-refractivity contribution in [3.05, 3.63) is 75.9 Å². The van der Waals surface area contributed by atoms with Crippen molar-refractivity contribution in [1.29, 1.82) is 0 Å². The van der Waals surface area contributed by atoms with Gasteiger partial charge in [-0.1, -0.05) is 6.07 Å². The van der Waals surface area contributed by atoms with Crippen LogP contribution < -0.4 is 10.1 Å². The van der Waals surface area contributed by atoms with Crippen molar-refractivity contribution in [1.82, 2.24) is 9.78 Å². The van der Waals surface area contributed by atoms with E-state index in [2.05, 4.69) is 10.4 Å². The summed E-state index contributed by atoms with van der Waals surface area (Å²) in [5.41, 5.74) is 4.31. The number of nitrogens with one attached hydrogen (secondary N) is 1. The summed E-state index contributed by atoms with van der Waals surface area (Å²) in [5, 5.41) is 21.6. The van der Waals surface area contributed by atoms with Crippen LogP contribution in [0.15, 0.2) is 53.2 Å². The summed E-state index contributed by atoms with van der Waals surface area (Å²) < 4.78 is 20.9. The van der Waals surface area contributed by atoms with Gasteiger partial charge in [-0.05, 0) is 72.1 Å². The lowest BCUT2D eigenvalue weighted by molar-refractivity contribution is 0.0697. The molecule has 0 saturated heterocycles. The second kappa shape index (κ2) is 8.23. The number of hydrogen-bond donors (Lipinski definition) is 2. The average Bonchev–Trinajstić information content (AvgIpc) is 3.37. The molecule has 0 saturated carbocycles. The Morgan fingerprint density at radius 2 is 2.00 bits per heavy atom. The molecule has 158 valence electrons. The van der Waals surface area contributed by atoms with Crippen molar-refractivity contribution >= 4 is 28.8 Å². The standard InChI is InChI=1S/C23H20FN3O3S/c1-13-4-5-16(24)10-20(13)27-22(21(14(2)26-27)15-8-9-31-12-15)25-19-7-6-17(30-3)11-18(19)23(28)29/h4-12,25H,1-3H3,(H,28,29). The first-order valence-electron chi connectivity index (χ1n) is 9.46. The topological polar surface area (TPSA) is 76.4 Å². The highest BCUT2D eigenvalue weighted by Gasteiger charge is 2.22. The molecule has 0 aliphatic heterocycles. The summed E-state index contributed by atoms with van der Waals surface area (Å²) in [4.78, 5) is 11.9. The lowest BCUT2D eigenvalue weighted by atomic mass is 10.1. The number of ether oxygens (including phenoxy) is 1. The number of rotatable bonds is 6. The van der Waals surface area contributed by atoms with Crippen LogP contribution in [-0.2, 0) is 0 Å². The van der Waals surface area contributed by atoms with Gasteiger partial charge in [0, 0.05) is 5.56 Å². The quantitative estimate of drug-likeness (QED) is 0.398. The predicted molar refractivity (Wildman–Crippen MR) is 120 cm³/mol. The minimum absolute atomic E-state index is 0.0528. The summed E-state index contributed by atoms with van der Waals surface area (Å²) >= 11 is 1.55. The van der Waals surface area contributed by atoms with Crippen LogP contribution in [0.5, 0.6) is 5.75 Å². The third-order valence-electron chi connectivity index (χ3n) is 4.98. The molecule has 8 heteroatoms. The molecule has 4 rings (SSSR count). The smallest absolute Gasteiger partial charge is 0.337 e. The summed E-state index contributed by atoms with van der Waals surface area (Å²) in [6.07, 6.45) is 0. The SMILES string of the molecule is COc1ccc(Nc2c(-c3ccsc3)c(C)nn2-c2cc(F)ccc2C)c(C(=O)O)c1. The number of nitrogens with zero attached hydrogens (tertiary/aromatic N) is 2. The number of aromatic carboxylic acids is 1. The fourth-order valence-corrected chi connectivity index (χ4v) is 4.09. The Kier molecular flexibility index (Phi) is 5.48. The van der Waals surface area contributed by atoms with Gasteiger partial charge in [0.25, 0.3) is 0 Å². The molecule has 6 nitrogen and oxygen atoms in total. The molecule has 0 spiro atoms. The number of carboxylic acid groups (broad SMARTS) is 1. The molecule has 0 radical (unpaired) electrons. The zero-order valence-electron chi connectivity index (χ0n) is 17.1. The van der Waals surface area contributed by atoms with E-state index in [-0.39, 0.29) is 11.4 Å². The molecular formula is C23H20FN3O3S. The van der Waals surface area contributed by atoms with Crippen LogP contribution in [0.3, 0.4) is 0 Å². The normalized spacial score (nSPS) is 10.8. The molecule has 2 heterocycles. The fourth-order valence-electron chi connectivity index (χ4n) is 3.44. The van der Waals surface area contributed by atoms with Gasteiger partial charge in [0.2, 0.25) is 0 Å². The zero-order chi connectivity index (χ0) is 22.1. The maximum absolute atomic E-state index is 14.1. The zero-order valence-corrected chi connectivity index (χ0v) is 18.0. The predicted octanol–water partition coefficient (Wildman–Crippen LogP) is 5.81. The van der Waals surface area contributed by atoms with E-state index in [0.29, 0.717) is 22.9 Å². The Labute approximate surface area is 182 Å². The molecule has 2 aromatic carbocycles. The van der Waals surface area contributed by atoms with Gasteiger partial charge in [0.15, 0.2) is 0 Å². The molecule has 0 amide bonds. The van der Waals surface area contributed by atoms with Gasteiger partial charge in [0.1, 0.15) is 17.4 Å². The van der Waals surface area contributed by atoms with Gasteiger partial charge in [-0.15, -0.1) is 0 Å². The Bertz CT molecular complexity index is 1270. The Morgan fingerprint density at radius 3 is 2.68 bits per heavy atom. The maximum Gasteiger partial charge on any atom is 0.337 e. The molecule has 0 atom stereocenters. The van der Waals surface area contributed by atoms with Crippen LogP contribution in [0.25, 0.3) is 16.8 Å². The van der Waals surface area contributed by atoms with Crippen molar-refractivity contribution < 1.29 is 19.0 Å². The van der Waals surface area contributed by atoms with E-state index in [4.69, 9.17) is 4.74 Å². The summed E-state index contributed by atoms with van der Waals surface area (Å²) in [6.45, 7) is 3.74. The fraction of sp³-hybridized carbons (Fsp3) is 0.130. The van der Waals surface area contributed by atoms with E-state index in [0.717, 1.165) is 22.4 Å². The lowest BCUT2D eigenvalue weighted by Crippen LogP contribution is -2.08. The minimum Gasteiger partial charge on any atom is -0.497 e. The van der Waals surface area contributed by atoms with Crippen molar-refractivity contribution in [3.63, 3.8) is 0 Å². The van der Waals surface area contributed by atoms with Crippen molar-refractivity contribution in [2.75, 3.05) is 12.4 Å². The first kappa shape index (κ1) is 20.6. The van der Waals surface area contributed by atoms with E-state index in [1.807, 2.05) is 30.7 Å². The molecule has 0 aliphatic rings. The molecule has 0 bridgehead atoms. The summed E-state index contributed by atoms with van der Waals surface area (Å²) in [7, 11) is 1.48. The lowest BCUT2D eigenvalue weighted by Gasteiger charge is -2.16. The van der Waals surface area contributed by atoms with Crippen molar-refractivity contribution in [2.24, 2.45) is 0 Å². The highest BCUT2D eigenvalue weighted by atomic mass is 32.1. The second-order valence-electron chi connectivity index (χ2n) is 7.01. The number of halogens is 1. The minimum atomic E-state index is -1.09. The Morgan fingerprint density at radius 1 is 1.19 bits per heavy atom.